The molecule has 0 radical (unpaired) electrons. The molecule has 0 unspecified atom stereocenters. The largest absolute Gasteiger partial charge is 0.392 e. The molecular weight excluding hydrogens is 126 g/mol. The average molecular weight is 145 g/mol. The summed E-state index contributed by atoms with van der Waals surface area (Å²) in [6, 6.07) is 0.708. The Bertz CT molecular complexity index is 81.3. The van der Waals surface area contributed by atoms with Crippen molar-refractivity contribution in [2.24, 2.45) is 0 Å². The Kier molecular flexibility index (Phi) is 4.65. The topological polar surface area (TPSA) is 32.3 Å². The van der Waals surface area contributed by atoms with E-state index in [0.717, 1.165) is 6.42 Å². The molecule has 0 heterocycles. The third-order valence-electron chi connectivity index (χ3n) is 1.57. The molecule has 2 nitrogen and oxygen atoms in total. The van der Waals surface area contributed by atoms with Gasteiger partial charge in [0.05, 0.1) is 6.10 Å². The molecule has 10 heavy (non-hydrogen) atoms. The van der Waals surface area contributed by atoms with Gasteiger partial charge in [-0.05, 0) is 13.3 Å². The number of nitrogens with one attached hydrogen (secondary N) is 1. The summed E-state index contributed by atoms with van der Waals surface area (Å²) >= 11 is 0. The number of rotatable bonds is 4. The standard InChI is InChI=1S/C8H19NO/c1-5-8(7(4)10)9-6(2)3/h6-10H,5H2,1-4H3/t7-,8+/m0/s1. The molecule has 0 saturated carbocycles. The molecule has 2 heteroatoms. The van der Waals surface area contributed by atoms with Crippen molar-refractivity contribution in [2.45, 2.75) is 52.3 Å². The van der Waals surface area contributed by atoms with Gasteiger partial charge in [-0.1, -0.05) is 20.8 Å². The van der Waals surface area contributed by atoms with Crippen molar-refractivity contribution in [1.29, 1.82) is 0 Å². The second-order valence-electron chi connectivity index (χ2n) is 3.08. The molecule has 0 aliphatic rings. The van der Waals surface area contributed by atoms with Gasteiger partial charge >= 0.3 is 0 Å². The van der Waals surface area contributed by atoms with Crippen molar-refractivity contribution in [3.63, 3.8) is 0 Å². The first kappa shape index (κ1) is 9.92. The zero-order valence-corrected chi connectivity index (χ0v) is 7.39. The second-order valence-corrected chi connectivity index (χ2v) is 3.08. The second kappa shape index (κ2) is 4.69. The molecule has 0 aromatic carbocycles. The SMILES string of the molecule is CC[C@@H](NC(C)C)[C@H](C)O. The van der Waals surface area contributed by atoms with Crippen LogP contribution in [0.3, 0.4) is 0 Å². The minimum atomic E-state index is -0.243. The van der Waals surface area contributed by atoms with Gasteiger partial charge in [0.25, 0.3) is 0 Å². The molecule has 0 amide bonds. The van der Waals surface area contributed by atoms with Crippen molar-refractivity contribution in [2.75, 3.05) is 0 Å². The van der Waals surface area contributed by atoms with Crippen molar-refractivity contribution in [3.05, 3.63) is 0 Å². The zero-order chi connectivity index (χ0) is 8.15. The Morgan fingerprint density at radius 1 is 1.30 bits per heavy atom. The normalized spacial score (nSPS) is 17.4. The van der Waals surface area contributed by atoms with E-state index in [2.05, 4.69) is 26.1 Å². The van der Waals surface area contributed by atoms with Crippen LogP contribution in [0.1, 0.15) is 34.1 Å². The fourth-order valence-electron chi connectivity index (χ4n) is 1.03. The third kappa shape index (κ3) is 3.85. The van der Waals surface area contributed by atoms with E-state index in [1.807, 2.05) is 6.92 Å². The number of hydrogen-bond acceptors (Lipinski definition) is 2. The molecule has 0 aliphatic heterocycles. The fourth-order valence-corrected chi connectivity index (χ4v) is 1.03. The summed E-state index contributed by atoms with van der Waals surface area (Å²) in [6.45, 7) is 8.08. The van der Waals surface area contributed by atoms with Crippen LogP contribution in [-0.2, 0) is 0 Å². The van der Waals surface area contributed by atoms with Gasteiger partial charge in [-0.25, -0.2) is 0 Å². The number of hydrogen-bond donors (Lipinski definition) is 2. The van der Waals surface area contributed by atoms with E-state index >= 15 is 0 Å². The van der Waals surface area contributed by atoms with Crippen LogP contribution in [0.5, 0.6) is 0 Å². The fraction of sp³-hybridized carbons (Fsp3) is 1.00. The summed E-state index contributed by atoms with van der Waals surface area (Å²) < 4.78 is 0. The molecule has 0 aromatic rings. The molecule has 0 saturated heterocycles. The molecule has 62 valence electrons. The molecule has 0 aromatic heterocycles. The highest BCUT2D eigenvalue weighted by Crippen LogP contribution is 1.98. The zero-order valence-electron chi connectivity index (χ0n) is 7.39. The van der Waals surface area contributed by atoms with Crippen molar-refractivity contribution in [3.8, 4) is 0 Å². The van der Waals surface area contributed by atoms with Gasteiger partial charge in [0.1, 0.15) is 0 Å². The van der Waals surface area contributed by atoms with E-state index in [1.54, 1.807) is 0 Å². The van der Waals surface area contributed by atoms with Crippen molar-refractivity contribution < 1.29 is 5.11 Å². The first-order valence-corrected chi connectivity index (χ1v) is 4.02. The summed E-state index contributed by atoms with van der Waals surface area (Å²) in [7, 11) is 0. The summed E-state index contributed by atoms with van der Waals surface area (Å²) in [5, 5.41) is 12.5. The van der Waals surface area contributed by atoms with Crippen LogP contribution < -0.4 is 5.32 Å². The van der Waals surface area contributed by atoms with E-state index in [4.69, 9.17) is 0 Å². The minimum absolute atomic E-state index is 0.243. The number of aliphatic hydroxyl groups excluding tert-OH is 1. The Hall–Kier alpha value is -0.0800. The maximum absolute atomic E-state index is 9.20. The van der Waals surface area contributed by atoms with E-state index in [-0.39, 0.29) is 12.1 Å². The van der Waals surface area contributed by atoms with Gasteiger partial charge < -0.3 is 10.4 Å². The molecule has 2 atom stereocenters. The Morgan fingerprint density at radius 3 is 1.90 bits per heavy atom. The molecule has 0 rings (SSSR count). The lowest BCUT2D eigenvalue weighted by atomic mass is 10.1. The van der Waals surface area contributed by atoms with Gasteiger partial charge in [-0.2, -0.15) is 0 Å². The van der Waals surface area contributed by atoms with Crippen LogP contribution in [0.15, 0.2) is 0 Å². The maximum Gasteiger partial charge on any atom is 0.0665 e. The van der Waals surface area contributed by atoms with E-state index in [0.29, 0.717) is 6.04 Å². The van der Waals surface area contributed by atoms with E-state index in [9.17, 15) is 5.11 Å². The van der Waals surface area contributed by atoms with Gasteiger partial charge in [0.15, 0.2) is 0 Å². The van der Waals surface area contributed by atoms with Gasteiger partial charge in [-0.3, -0.25) is 0 Å². The predicted molar refractivity (Wildman–Crippen MR) is 44.0 cm³/mol. The van der Waals surface area contributed by atoms with Crippen molar-refractivity contribution in [1.82, 2.24) is 5.32 Å². The maximum atomic E-state index is 9.20. The predicted octanol–water partition coefficient (Wildman–Crippen LogP) is 1.14. The lowest BCUT2D eigenvalue weighted by Gasteiger charge is -2.22. The average Bonchev–Trinajstić information content (AvgIpc) is 1.81. The van der Waals surface area contributed by atoms with Crippen LogP contribution in [-0.4, -0.2) is 23.3 Å². The Morgan fingerprint density at radius 2 is 1.80 bits per heavy atom. The Balaban J connectivity index is 3.60. The molecule has 0 fully saturated rings. The molecule has 0 bridgehead atoms. The first-order chi connectivity index (χ1) is 4.57. The monoisotopic (exact) mass is 145 g/mol. The van der Waals surface area contributed by atoms with Crippen LogP contribution in [0.25, 0.3) is 0 Å². The van der Waals surface area contributed by atoms with Gasteiger partial charge in [0, 0.05) is 12.1 Å². The summed E-state index contributed by atoms with van der Waals surface area (Å²) in [6.07, 6.45) is 0.739. The van der Waals surface area contributed by atoms with E-state index in [1.165, 1.54) is 0 Å². The van der Waals surface area contributed by atoms with E-state index < -0.39 is 0 Å². The van der Waals surface area contributed by atoms with Crippen LogP contribution >= 0.6 is 0 Å². The molecular formula is C8H19NO. The summed E-state index contributed by atoms with van der Waals surface area (Å²) in [5.41, 5.74) is 0. The highest BCUT2D eigenvalue weighted by molar-refractivity contribution is 4.72. The molecule has 0 spiro atoms. The van der Waals surface area contributed by atoms with Gasteiger partial charge in [-0.15, -0.1) is 0 Å². The van der Waals surface area contributed by atoms with Crippen LogP contribution in [0.2, 0.25) is 0 Å². The highest BCUT2D eigenvalue weighted by Gasteiger charge is 2.11. The lowest BCUT2D eigenvalue weighted by Crippen LogP contribution is -2.41. The smallest absolute Gasteiger partial charge is 0.0665 e. The quantitative estimate of drug-likeness (QED) is 0.622. The minimum Gasteiger partial charge on any atom is -0.392 e. The van der Waals surface area contributed by atoms with Gasteiger partial charge in [0.2, 0.25) is 0 Å². The lowest BCUT2D eigenvalue weighted by molar-refractivity contribution is 0.138. The van der Waals surface area contributed by atoms with Crippen LogP contribution in [0, 0.1) is 0 Å². The summed E-state index contributed by atoms with van der Waals surface area (Å²) in [4.78, 5) is 0. The van der Waals surface area contributed by atoms with Crippen molar-refractivity contribution >= 4 is 0 Å². The highest BCUT2D eigenvalue weighted by atomic mass is 16.3. The molecule has 2 N–H and O–H groups in total. The first-order valence-electron chi connectivity index (χ1n) is 4.02. The third-order valence-corrected chi connectivity index (χ3v) is 1.57. The Labute approximate surface area is 63.6 Å². The molecule has 0 aliphatic carbocycles. The number of aliphatic hydroxyl groups is 1. The van der Waals surface area contributed by atoms with Crippen LogP contribution in [0.4, 0.5) is 0 Å². The summed E-state index contributed by atoms with van der Waals surface area (Å²) in [5.74, 6) is 0.